The van der Waals surface area contributed by atoms with Crippen molar-refractivity contribution < 1.29 is 87.6 Å². The van der Waals surface area contributed by atoms with E-state index >= 15 is 0 Å². The van der Waals surface area contributed by atoms with E-state index < -0.39 is 77.3 Å². The van der Waals surface area contributed by atoms with Crippen molar-refractivity contribution in [2.75, 3.05) is 13.2 Å². The monoisotopic (exact) mass is 790 g/mol. The Morgan fingerprint density at radius 2 is 0.941 bits per heavy atom. The van der Waals surface area contributed by atoms with Crippen molar-refractivity contribution in [3.63, 3.8) is 0 Å². The molecule has 0 heterocycles. The third-order valence-corrected chi connectivity index (χ3v) is 7.78. The van der Waals surface area contributed by atoms with Crippen molar-refractivity contribution in [2.45, 2.75) is 35.4 Å². The van der Waals surface area contributed by atoms with Gasteiger partial charge in [0.2, 0.25) is 0 Å². The van der Waals surface area contributed by atoms with Crippen molar-refractivity contribution in [1.82, 2.24) is 0 Å². The molecule has 0 aliphatic carbocycles. The van der Waals surface area contributed by atoms with Gasteiger partial charge in [-0.3, -0.25) is 8.57 Å². The van der Waals surface area contributed by atoms with E-state index in [9.17, 15) is 69.5 Å². The number of oxime groups is 2. The molecule has 0 saturated heterocycles. The zero-order valence-corrected chi connectivity index (χ0v) is 26.2. The molecular formula is C27H18F12N2O8S2. The predicted molar refractivity (Wildman–Crippen MR) is 149 cm³/mol. The molecule has 0 atom stereocenters. The van der Waals surface area contributed by atoms with Crippen LogP contribution in [0.3, 0.4) is 0 Å². The number of nitrogens with zero attached hydrogens (tertiary/aromatic N) is 2. The molecule has 0 saturated carbocycles. The molecule has 51 heavy (non-hydrogen) atoms. The number of halogens is 12. The van der Waals surface area contributed by atoms with Crippen LogP contribution in [0.5, 0.6) is 11.5 Å². The summed E-state index contributed by atoms with van der Waals surface area (Å²) in [6.07, 6.45) is -15.4. The Morgan fingerprint density at radius 3 is 1.29 bits per heavy atom. The minimum absolute atomic E-state index is 0.0108. The summed E-state index contributed by atoms with van der Waals surface area (Å²) in [6, 6.07) is 8.79. The van der Waals surface area contributed by atoms with Crippen LogP contribution in [0, 0.1) is 0 Å². The Labute approximate surface area is 279 Å². The van der Waals surface area contributed by atoms with Gasteiger partial charge in [-0.25, -0.2) is 0 Å². The highest BCUT2D eigenvalue weighted by molar-refractivity contribution is 7.87. The summed E-state index contributed by atoms with van der Waals surface area (Å²) in [5.41, 5.74) is -12.7. The van der Waals surface area contributed by atoms with Crippen molar-refractivity contribution in [2.24, 2.45) is 10.3 Å². The highest BCUT2D eigenvalue weighted by Gasteiger charge is 2.50. The summed E-state index contributed by atoms with van der Waals surface area (Å²) in [4.78, 5) is -0.900. The molecule has 24 heteroatoms. The number of benzene rings is 3. The molecule has 0 amide bonds. The van der Waals surface area contributed by atoms with E-state index in [1.54, 1.807) is 0 Å². The first-order valence-corrected chi connectivity index (χ1v) is 16.0. The van der Waals surface area contributed by atoms with Crippen LogP contribution in [0.25, 0.3) is 0 Å². The number of hydrogen-bond acceptors (Lipinski definition) is 10. The van der Waals surface area contributed by atoms with E-state index in [4.69, 9.17) is 9.47 Å². The molecule has 3 aromatic carbocycles. The van der Waals surface area contributed by atoms with Crippen molar-refractivity contribution in [1.29, 1.82) is 0 Å². The fraction of sp³-hybridized carbons (Fsp3) is 0.259. The Kier molecular flexibility index (Phi) is 12.2. The molecule has 0 spiro atoms. The molecule has 3 aromatic rings. The smallest absolute Gasteiger partial charge is 0.493 e. The van der Waals surface area contributed by atoms with Crippen molar-refractivity contribution >= 4 is 31.7 Å². The summed E-state index contributed by atoms with van der Waals surface area (Å²) in [7, 11) is -11.5. The highest BCUT2D eigenvalue weighted by atomic mass is 32.2. The lowest BCUT2D eigenvalue weighted by atomic mass is 10.1. The lowest BCUT2D eigenvalue weighted by Gasteiger charge is -2.13. The molecule has 0 radical (unpaired) electrons. The van der Waals surface area contributed by atoms with E-state index in [2.05, 4.69) is 18.9 Å². The summed E-state index contributed by atoms with van der Waals surface area (Å²) >= 11 is 0. The molecule has 10 nitrogen and oxygen atoms in total. The molecule has 0 bridgehead atoms. The van der Waals surface area contributed by atoms with Crippen LogP contribution < -0.4 is 9.47 Å². The third kappa shape index (κ3) is 11.4. The van der Waals surface area contributed by atoms with E-state index in [0.29, 0.717) is 36.4 Å². The van der Waals surface area contributed by atoms with Crippen LogP contribution in [0.1, 0.15) is 23.1 Å². The summed E-state index contributed by atoms with van der Waals surface area (Å²) in [5.74, 6) is -0.0355. The maximum absolute atomic E-state index is 13.6. The first-order chi connectivity index (χ1) is 23.3. The topological polar surface area (TPSA) is 130 Å². The van der Waals surface area contributed by atoms with E-state index in [1.807, 2.05) is 0 Å². The molecule has 280 valence electrons. The van der Waals surface area contributed by atoms with Gasteiger partial charge < -0.3 is 9.47 Å². The van der Waals surface area contributed by atoms with Gasteiger partial charge in [0.25, 0.3) is 0 Å². The lowest BCUT2D eigenvalue weighted by molar-refractivity contribution is -0.137. The van der Waals surface area contributed by atoms with Gasteiger partial charge in [0, 0.05) is 17.5 Å². The quantitative estimate of drug-likeness (QED) is 0.0578. The van der Waals surface area contributed by atoms with E-state index in [-0.39, 0.29) is 31.1 Å². The Bertz CT molecular complexity index is 1920. The molecule has 3 rings (SSSR count). The second kappa shape index (κ2) is 15.2. The van der Waals surface area contributed by atoms with Crippen LogP contribution in [0.15, 0.2) is 88.0 Å². The molecule has 0 aliphatic heterocycles. The summed E-state index contributed by atoms with van der Waals surface area (Å²) < 4.78 is 220. The first-order valence-electron chi connectivity index (χ1n) is 13.2. The van der Waals surface area contributed by atoms with E-state index in [0.717, 1.165) is 36.4 Å². The zero-order valence-electron chi connectivity index (χ0n) is 24.6. The Morgan fingerprint density at radius 1 is 0.549 bits per heavy atom. The third-order valence-electron chi connectivity index (χ3n) is 5.83. The minimum Gasteiger partial charge on any atom is -0.493 e. The average molecular weight is 791 g/mol. The Hall–Kier alpha value is -4.74. The van der Waals surface area contributed by atoms with E-state index in [1.165, 1.54) is 0 Å². The van der Waals surface area contributed by atoms with Crippen LogP contribution >= 0.6 is 0 Å². The molecular weight excluding hydrogens is 772 g/mol. The van der Waals surface area contributed by atoms with Crippen molar-refractivity contribution in [3.8, 4) is 11.5 Å². The van der Waals surface area contributed by atoms with Gasteiger partial charge in [0.05, 0.1) is 18.8 Å². The van der Waals surface area contributed by atoms with Crippen LogP contribution in [-0.4, -0.2) is 59.3 Å². The normalized spacial score (nSPS) is 13.9. The molecule has 0 unspecified atom stereocenters. The summed E-state index contributed by atoms with van der Waals surface area (Å²) in [6.45, 7) is -0.262. The average Bonchev–Trinajstić information content (AvgIpc) is 3.00. The fourth-order valence-corrected chi connectivity index (χ4v) is 4.45. The fourth-order valence-electron chi connectivity index (χ4n) is 3.46. The molecule has 0 N–H and O–H groups in total. The second-order valence-corrected chi connectivity index (χ2v) is 12.5. The highest BCUT2D eigenvalue weighted by Crippen LogP contribution is 2.31. The predicted octanol–water partition coefficient (Wildman–Crippen LogP) is 7.36. The maximum Gasteiger partial charge on any atom is 0.536 e. The van der Waals surface area contributed by atoms with Crippen LogP contribution in [0.2, 0.25) is 0 Å². The first kappa shape index (κ1) is 40.7. The largest absolute Gasteiger partial charge is 0.536 e. The number of rotatable bonds is 13. The number of alkyl halides is 12. The zero-order chi connectivity index (χ0) is 38.5. The SMILES string of the molecule is O=S(=O)(O/N=C(/c1ccc(OCCCOc2ccc(/C(=N/OS(=O)(=O)C(F)(F)F)C(F)(F)F)cc2)cc1)C(F)(F)F)c1ccc(C(F)(F)F)cc1. The van der Waals surface area contributed by atoms with Gasteiger partial charge in [-0.2, -0.15) is 69.5 Å². The van der Waals surface area contributed by atoms with Gasteiger partial charge in [0.1, 0.15) is 16.4 Å². The Balaban J connectivity index is 1.58. The molecule has 0 aromatic heterocycles. The van der Waals surface area contributed by atoms with Crippen LogP contribution in [-0.2, 0) is 35.0 Å². The lowest BCUT2D eigenvalue weighted by Crippen LogP contribution is -2.28. The van der Waals surface area contributed by atoms with Gasteiger partial charge in [-0.1, -0.05) is 10.3 Å². The molecule has 0 aliphatic rings. The van der Waals surface area contributed by atoms with Gasteiger partial charge >= 0.3 is 44.3 Å². The second-order valence-electron chi connectivity index (χ2n) is 9.50. The number of ether oxygens (including phenoxy) is 2. The maximum atomic E-state index is 13.6. The van der Waals surface area contributed by atoms with Gasteiger partial charge in [-0.15, -0.1) is 0 Å². The van der Waals surface area contributed by atoms with Gasteiger partial charge in [-0.05, 0) is 72.8 Å². The summed E-state index contributed by atoms with van der Waals surface area (Å²) in [5, 5.41) is 4.79. The van der Waals surface area contributed by atoms with Gasteiger partial charge in [0.15, 0.2) is 11.4 Å². The van der Waals surface area contributed by atoms with Crippen LogP contribution in [0.4, 0.5) is 52.7 Å². The van der Waals surface area contributed by atoms with Crippen molar-refractivity contribution in [3.05, 3.63) is 89.5 Å². The number of hydrogen-bond donors (Lipinski definition) is 0. The molecule has 0 fully saturated rings. The minimum atomic E-state index is -6.46. The standard InChI is InChI=1S/C27H18F12N2O8S2/c28-24(29,30)18-6-12-21(13-7-18)50(42,43)48-40-22(25(31,32)33)16-2-8-19(9-3-16)46-14-1-15-47-20-10-4-17(5-11-20)23(26(34,35)36)41-49-51(44,45)27(37,38)39/h2-13H,1,14-15H2/b40-22-,41-23-.